The largest absolute Gasteiger partial charge is 0.312 e. The van der Waals surface area contributed by atoms with Gasteiger partial charge in [0.1, 0.15) is 4.83 Å². The molecule has 158 valence electrons. The molecule has 7 heteroatoms. The number of carbonyl (C=O) groups excluding carboxylic acids is 1. The molecule has 0 unspecified atom stereocenters. The van der Waals surface area contributed by atoms with Crippen LogP contribution in [0.4, 0.5) is 5.69 Å². The van der Waals surface area contributed by atoms with E-state index in [4.69, 9.17) is 4.98 Å². The maximum Gasteiger partial charge on any atom is 0.263 e. The minimum Gasteiger partial charge on any atom is -0.312 e. The number of hydrogen-bond donors (Lipinski definition) is 0. The molecule has 0 N–H and O–H groups in total. The summed E-state index contributed by atoms with van der Waals surface area (Å²) in [6, 6.07) is 7.93. The van der Waals surface area contributed by atoms with Gasteiger partial charge in [0.05, 0.1) is 11.1 Å². The molecule has 0 saturated heterocycles. The molecule has 0 aliphatic heterocycles. The number of nitrogens with zero attached hydrogens (tertiary/aromatic N) is 3. The molecular weight excluding hydrogens is 414 g/mol. The highest BCUT2D eigenvalue weighted by Crippen LogP contribution is 2.35. The second kappa shape index (κ2) is 8.94. The number of amides is 1. The van der Waals surface area contributed by atoms with Crippen LogP contribution in [-0.2, 0) is 24.2 Å². The number of anilines is 1. The lowest BCUT2D eigenvalue weighted by atomic mass is 10.2. The lowest BCUT2D eigenvalue weighted by molar-refractivity contribution is -0.116. The highest BCUT2D eigenvalue weighted by Gasteiger charge is 2.24. The molecule has 2 heterocycles. The van der Waals surface area contributed by atoms with E-state index in [9.17, 15) is 9.59 Å². The number of fused-ring (bicyclic) bond motifs is 3. The van der Waals surface area contributed by atoms with Crippen LogP contribution < -0.4 is 10.5 Å². The minimum absolute atomic E-state index is 0.0304. The summed E-state index contributed by atoms with van der Waals surface area (Å²) in [4.78, 5) is 35.1. The Bertz CT molecular complexity index is 1150. The standard InChI is InChI=1S/C23H27N3O2S2/c1-4-13-26-22(28)20-16-10-8-12-18(16)30-21(20)24-23(26)29-14-19(27)25(5-2)17-11-7-6-9-15(17)3/h6-7,9,11H,4-5,8,10,12-14H2,1-3H3. The van der Waals surface area contributed by atoms with E-state index in [1.165, 1.54) is 22.2 Å². The Morgan fingerprint density at radius 1 is 1.27 bits per heavy atom. The number of rotatable bonds is 7. The molecule has 1 aliphatic rings. The highest BCUT2D eigenvalue weighted by atomic mass is 32.2. The van der Waals surface area contributed by atoms with E-state index in [2.05, 4.69) is 6.92 Å². The van der Waals surface area contributed by atoms with Crippen LogP contribution in [0.5, 0.6) is 0 Å². The van der Waals surface area contributed by atoms with Crippen LogP contribution in [0.3, 0.4) is 0 Å². The number of para-hydroxylation sites is 1. The Labute approximate surface area is 185 Å². The Morgan fingerprint density at radius 2 is 2.07 bits per heavy atom. The molecular formula is C23H27N3O2S2. The van der Waals surface area contributed by atoms with Gasteiger partial charge in [-0.3, -0.25) is 14.2 Å². The van der Waals surface area contributed by atoms with Crippen molar-refractivity contribution in [1.29, 1.82) is 0 Å². The SMILES string of the molecule is CCCn1c(SCC(=O)N(CC)c2ccccc2C)nc2sc3c(c2c1=O)CCC3. The van der Waals surface area contributed by atoms with Crippen molar-refractivity contribution in [2.45, 2.75) is 58.2 Å². The summed E-state index contributed by atoms with van der Waals surface area (Å²) in [6.45, 7) is 7.29. The first kappa shape index (κ1) is 21.1. The summed E-state index contributed by atoms with van der Waals surface area (Å²) in [6.07, 6.45) is 4.00. The number of benzene rings is 1. The predicted molar refractivity (Wildman–Crippen MR) is 126 cm³/mol. The van der Waals surface area contributed by atoms with Crippen molar-refractivity contribution in [1.82, 2.24) is 9.55 Å². The summed E-state index contributed by atoms with van der Waals surface area (Å²) >= 11 is 3.03. The van der Waals surface area contributed by atoms with Gasteiger partial charge in [0.2, 0.25) is 5.91 Å². The topological polar surface area (TPSA) is 55.2 Å². The maximum atomic E-state index is 13.3. The van der Waals surface area contributed by atoms with Crippen molar-refractivity contribution in [2.24, 2.45) is 0 Å². The van der Waals surface area contributed by atoms with Gasteiger partial charge in [0.25, 0.3) is 5.56 Å². The fourth-order valence-corrected chi connectivity index (χ4v) is 6.34. The van der Waals surface area contributed by atoms with Crippen LogP contribution in [0.15, 0.2) is 34.2 Å². The molecule has 0 atom stereocenters. The van der Waals surface area contributed by atoms with Gasteiger partial charge in [-0.25, -0.2) is 4.98 Å². The fraction of sp³-hybridized carbons (Fsp3) is 0.435. The van der Waals surface area contributed by atoms with Gasteiger partial charge in [-0.1, -0.05) is 36.9 Å². The number of thiophene rings is 1. The van der Waals surface area contributed by atoms with Crippen LogP contribution in [0.2, 0.25) is 0 Å². The van der Waals surface area contributed by atoms with E-state index < -0.39 is 0 Å². The second-order valence-corrected chi connectivity index (χ2v) is 9.63. The monoisotopic (exact) mass is 441 g/mol. The van der Waals surface area contributed by atoms with E-state index in [1.54, 1.807) is 15.9 Å². The first-order valence-electron chi connectivity index (χ1n) is 10.6. The molecule has 0 radical (unpaired) electrons. The zero-order chi connectivity index (χ0) is 21.3. The number of aromatic nitrogens is 2. The third kappa shape index (κ3) is 3.81. The smallest absolute Gasteiger partial charge is 0.263 e. The van der Waals surface area contributed by atoms with Crippen LogP contribution >= 0.6 is 23.1 Å². The average molecular weight is 442 g/mol. The minimum atomic E-state index is 0.0304. The van der Waals surface area contributed by atoms with Crippen LogP contribution in [0.25, 0.3) is 10.2 Å². The third-order valence-corrected chi connectivity index (χ3v) is 7.73. The quantitative estimate of drug-likeness (QED) is 0.390. The second-order valence-electron chi connectivity index (χ2n) is 7.60. The number of carbonyl (C=O) groups is 1. The van der Waals surface area contributed by atoms with E-state index in [1.807, 2.05) is 43.0 Å². The predicted octanol–water partition coefficient (Wildman–Crippen LogP) is 4.81. The number of thioether (sulfide) groups is 1. The normalized spacial score (nSPS) is 13.0. The maximum absolute atomic E-state index is 13.3. The summed E-state index contributed by atoms with van der Waals surface area (Å²) in [5.74, 6) is 0.289. The average Bonchev–Trinajstić information content (AvgIpc) is 3.31. The van der Waals surface area contributed by atoms with Crippen molar-refractivity contribution < 1.29 is 4.79 Å². The van der Waals surface area contributed by atoms with Crippen molar-refractivity contribution in [3.8, 4) is 0 Å². The first-order valence-corrected chi connectivity index (χ1v) is 12.4. The van der Waals surface area contributed by atoms with E-state index >= 15 is 0 Å². The summed E-state index contributed by atoms with van der Waals surface area (Å²) in [7, 11) is 0. The Balaban J connectivity index is 1.63. The summed E-state index contributed by atoms with van der Waals surface area (Å²) < 4.78 is 1.77. The first-order chi connectivity index (χ1) is 14.5. The van der Waals surface area contributed by atoms with Crippen molar-refractivity contribution in [2.75, 3.05) is 17.2 Å². The lowest BCUT2D eigenvalue weighted by Gasteiger charge is -2.23. The molecule has 4 rings (SSSR count). The summed E-state index contributed by atoms with van der Waals surface area (Å²) in [5.41, 5.74) is 3.28. The zero-order valence-corrected chi connectivity index (χ0v) is 19.4. The molecule has 1 amide bonds. The highest BCUT2D eigenvalue weighted by molar-refractivity contribution is 7.99. The van der Waals surface area contributed by atoms with Crippen molar-refractivity contribution >= 4 is 44.9 Å². The van der Waals surface area contributed by atoms with Gasteiger partial charge in [0, 0.05) is 23.7 Å². The van der Waals surface area contributed by atoms with Crippen LogP contribution in [-0.4, -0.2) is 27.8 Å². The summed E-state index contributed by atoms with van der Waals surface area (Å²) in [5, 5.41) is 1.47. The molecule has 5 nitrogen and oxygen atoms in total. The third-order valence-electron chi connectivity index (χ3n) is 5.59. The molecule has 0 saturated carbocycles. The molecule has 1 aliphatic carbocycles. The number of hydrogen-bond acceptors (Lipinski definition) is 5. The van der Waals surface area contributed by atoms with Gasteiger partial charge in [-0.15, -0.1) is 11.3 Å². The molecule has 2 aromatic heterocycles. The molecule has 0 spiro atoms. The van der Waals surface area contributed by atoms with Gasteiger partial charge in [-0.2, -0.15) is 0 Å². The van der Waals surface area contributed by atoms with Gasteiger partial charge in [-0.05, 0) is 56.7 Å². The Hall–Kier alpha value is -2.12. The molecule has 3 aromatic rings. The van der Waals surface area contributed by atoms with Gasteiger partial charge < -0.3 is 4.90 Å². The molecule has 30 heavy (non-hydrogen) atoms. The van der Waals surface area contributed by atoms with Crippen LogP contribution in [0, 0.1) is 6.92 Å². The lowest BCUT2D eigenvalue weighted by Crippen LogP contribution is -2.33. The molecule has 0 fully saturated rings. The van der Waals surface area contributed by atoms with Crippen molar-refractivity contribution in [3.05, 3.63) is 50.6 Å². The zero-order valence-electron chi connectivity index (χ0n) is 17.7. The van der Waals surface area contributed by atoms with Crippen LogP contribution in [0.1, 0.15) is 42.7 Å². The van der Waals surface area contributed by atoms with Crippen molar-refractivity contribution in [3.63, 3.8) is 0 Å². The Morgan fingerprint density at radius 3 is 2.80 bits per heavy atom. The Kier molecular flexibility index (Phi) is 6.29. The number of aryl methyl sites for hydroxylation is 3. The van der Waals surface area contributed by atoms with E-state index in [-0.39, 0.29) is 17.2 Å². The molecule has 0 bridgehead atoms. The van der Waals surface area contributed by atoms with Gasteiger partial charge in [0.15, 0.2) is 5.16 Å². The van der Waals surface area contributed by atoms with Gasteiger partial charge >= 0.3 is 0 Å². The fourth-order valence-electron chi connectivity index (χ4n) is 4.14. The van der Waals surface area contributed by atoms with E-state index in [0.29, 0.717) is 18.2 Å². The molecule has 1 aromatic carbocycles. The van der Waals surface area contributed by atoms with E-state index in [0.717, 1.165) is 47.2 Å².